The number of hydrogen-bond acceptors (Lipinski definition) is 7. The first-order chi connectivity index (χ1) is 15.8. The molecule has 3 aromatic rings. The average molecular weight is 473 g/mol. The summed E-state index contributed by atoms with van der Waals surface area (Å²) in [4.78, 5) is 10.5. The van der Waals surface area contributed by atoms with Crippen molar-refractivity contribution in [2.45, 2.75) is 51.7 Å². The van der Waals surface area contributed by atoms with Crippen molar-refractivity contribution in [2.24, 2.45) is 5.41 Å². The van der Waals surface area contributed by atoms with Gasteiger partial charge in [-0.2, -0.15) is 4.98 Å². The molecule has 1 saturated heterocycles. The Labute approximate surface area is 197 Å². The van der Waals surface area contributed by atoms with Gasteiger partial charge in [0.25, 0.3) is 5.89 Å². The van der Waals surface area contributed by atoms with Gasteiger partial charge in [0.2, 0.25) is 5.82 Å². The van der Waals surface area contributed by atoms with Gasteiger partial charge in [-0.3, -0.25) is 4.98 Å². The Morgan fingerprint density at radius 1 is 1.06 bits per heavy atom. The van der Waals surface area contributed by atoms with Gasteiger partial charge in [-0.05, 0) is 50.6 Å². The van der Waals surface area contributed by atoms with E-state index in [4.69, 9.17) is 4.52 Å². The van der Waals surface area contributed by atoms with Gasteiger partial charge in [0.15, 0.2) is 0 Å². The summed E-state index contributed by atoms with van der Waals surface area (Å²) >= 11 is 0. The third-order valence-corrected chi connectivity index (χ3v) is 6.55. The summed E-state index contributed by atoms with van der Waals surface area (Å²) in [5, 5.41) is 26.3. The number of nitrogens with zero attached hydrogens (tertiary/aromatic N) is 4. The van der Waals surface area contributed by atoms with Crippen molar-refractivity contribution in [3.8, 4) is 11.4 Å². The molecule has 9 heteroatoms. The van der Waals surface area contributed by atoms with Gasteiger partial charge in [-0.1, -0.05) is 25.9 Å². The van der Waals surface area contributed by atoms with Gasteiger partial charge in [0, 0.05) is 47.6 Å². The highest BCUT2D eigenvalue weighted by atomic mass is 19.1. The van der Waals surface area contributed by atoms with Crippen LogP contribution in [0.15, 0.2) is 35.1 Å². The Hall–Kier alpha value is -2.75. The Morgan fingerprint density at radius 3 is 2.18 bits per heavy atom. The summed E-state index contributed by atoms with van der Waals surface area (Å²) in [5.74, 6) is -1.53. The summed E-state index contributed by atoms with van der Waals surface area (Å²) in [6.45, 7) is 9.38. The largest absolute Gasteiger partial charge is 0.381 e. The quantitative estimate of drug-likeness (QED) is 0.561. The van der Waals surface area contributed by atoms with Crippen LogP contribution in [0.5, 0.6) is 0 Å². The van der Waals surface area contributed by atoms with E-state index in [1.54, 1.807) is 19.9 Å². The van der Waals surface area contributed by atoms with Gasteiger partial charge in [0.05, 0.1) is 0 Å². The number of pyridine rings is 1. The van der Waals surface area contributed by atoms with Crippen LogP contribution in [0.25, 0.3) is 11.4 Å². The van der Waals surface area contributed by atoms with Gasteiger partial charge < -0.3 is 19.6 Å². The topological polar surface area (TPSA) is 95.5 Å². The van der Waals surface area contributed by atoms with Gasteiger partial charge >= 0.3 is 0 Å². The lowest BCUT2D eigenvalue weighted by atomic mass is 9.62. The van der Waals surface area contributed by atoms with E-state index in [-0.39, 0.29) is 28.8 Å². The molecular weight excluding hydrogens is 442 g/mol. The van der Waals surface area contributed by atoms with Crippen LogP contribution in [0, 0.1) is 17.0 Å². The van der Waals surface area contributed by atoms with Crippen LogP contribution in [-0.2, 0) is 11.2 Å². The van der Waals surface area contributed by atoms with Crippen molar-refractivity contribution in [2.75, 3.05) is 20.1 Å². The minimum absolute atomic E-state index is 0.0141. The van der Waals surface area contributed by atoms with E-state index in [0.717, 1.165) is 0 Å². The molecule has 0 amide bonds. The van der Waals surface area contributed by atoms with E-state index in [1.807, 2.05) is 18.9 Å². The van der Waals surface area contributed by atoms with E-state index in [2.05, 4.69) is 15.1 Å². The zero-order chi connectivity index (χ0) is 25.1. The molecule has 1 atom stereocenters. The third kappa shape index (κ3) is 3.91. The summed E-state index contributed by atoms with van der Waals surface area (Å²) < 4.78 is 35.2. The van der Waals surface area contributed by atoms with Crippen LogP contribution in [0.4, 0.5) is 8.78 Å². The highest BCUT2D eigenvalue weighted by Crippen LogP contribution is 2.51. The second kappa shape index (κ2) is 8.18. The molecule has 0 unspecified atom stereocenters. The molecule has 1 aromatic carbocycles. The minimum atomic E-state index is -1.75. The molecule has 2 N–H and O–H groups in total. The molecule has 182 valence electrons. The first-order valence-electron chi connectivity index (χ1n) is 11.2. The molecule has 3 heterocycles. The fraction of sp³-hybridized carbons (Fsp3) is 0.480. The van der Waals surface area contributed by atoms with Crippen LogP contribution in [0.1, 0.15) is 63.1 Å². The predicted octanol–water partition coefficient (Wildman–Crippen LogP) is 3.95. The molecule has 1 aliphatic heterocycles. The van der Waals surface area contributed by atoms with E-state index in [0.29, 0.717) is 24.2 Å². The van der Waals surface area contributed by atoms with E-state index in [9.17, 15) is 10.2 Å². The Kier molecular flexibility index (Phi) is 5.86. The number of aliphatic hydroxyl groups is 2. The highest BCUT2D eigenvalue weighted by molar-refractivity contribution is 5.56. The van der Waals surface area contributed by atoms with Gasteiger partial charge in [-0.15, -0.1) is 0 Å². The van der Waals surface area contributed by atoms with Crippen molar-refractivity contribution >= 4 is 0 Å². The highest BCUT2D eigenvalue weighted by Gasteiger charge is 2.55. The maximum absolute atomic E-state index is 15.0. The van der Waals surface area contributed by atoms with Crippen LogP contribution in [0.2, 0.25) is 0 Å². The molecule has 4 rings (SSSR count). The first kappa shape index (κ1) is 24.4. The van der Waals surface area contributed by atoms with Crippen molar-refractivity contribution in [1.29, 1.82) is 0 Å². The van der Waals surface area contributed by atoms with Crippen LogP contribution in [-0.4, -0.2) is 50.4 Å². The molecular formula is C25H30F2N4O3. The normalized spacial score (nSPS) is 18.1. The first-order valence-corrected chi connectivity index (χ1v) is 11.2. The van der Waals surface area contributed by atoms with Crippen molar-refractivity contribution in [3.05, 3.63) is 64.8 Å². The standard InChI is InChI=1S/C25H30F2N4O3/c1-14(2)20-18(26)8-16(9-19(20)27)25(33,24(5)12-31(6)13-24)17-7-15(10-28-11-17)21-29-22(34-30-21)23(3,4)32/h7-11,14,32-33H,12-13H2,1-6H3/t25-/m0/s1. The second-order valence-corrected chi connectivity index (χ2v) is 10.4. The Bertz CT molecular complexity index is 1190. The predicted molar refractivity (Wildman–Crippen MR) is 122 cm³/mol. The van der Waals surface area contributed by atoms with Crippen molar-refractivity contribution in [1.82, 2.24) is 20.0 Å². The summed E-state index contributed by atoms with van der Waals surface area (Å²) in [5.41, 5.74) is -2.92. The fourth-order valence-electron chi connectivity index (χ4n) is 4.93. The van der Waals surface area contributed by atoms with E-state index in [1.165, 1.54) is 38.4 Å². The minimum Gasteiger partial charge on any atom is -0.381 e. The zero-order valence-corrected chi connectivity index (χ0v) is 20.2. The smallest absolute Gasteiger partial charge is 0.258 e. The molecule has 0 radical (unpaired) electrons. The molecule has 0 saturated carbocycles. The lowest BCUT2D eigenvalue weighted by Gasteiger charge is -2.55. The van der Waals surface area contributed by atoms with Crippen LogP contribution >= 0.6 is 0 Å². The van der Waals surface area contributed by atoms with E-state index >= 15 is 8.78 Å². The molecule has 0 bridgehead atoms. The summed E-state index contributed by atoms with van der Waals surface area (Å²) in [6.07, 6.45) is 2.98. The maximum Gasteiger partial charge on any atom is 0.258 e. The summed E-state index contributed by atoms with van der Waals surface area (Å²) in [6, 6.07) is 4.08. The zero-order valence-electron chi connectivity index (χ0n) is 20.2. The molecule has 0 aliphatic carbocycles. The van der Waals surface area contributed by atoms with Crippen LogP contribution < -0.4 is 0 Å². The number of likely N-dealkylation sites (tertiary alicyclic amines) is 1. The second-order valence-electron chi connectivity index (χ2n) is 10.4. The number of halogens is 2. The van der Waals surface area contributed by atoms with Crippen LogP contribution in [0.3, 0.4) is 0 Å². The number of benzene rings is 1. The number of hydrogen-bond donors (Lipinski definition) is 2. The average Bonchev–Trinajstić information content (AvgIpc) is 3.22. The monoisotopic (exact) mass is 472 g/mol. The molecule has 1 aliphatic rings. The van der Waals surface area contributed by atoms with E-state index < -0.39 is 28.3 Å². The third-order valence-electron chi connectivity index (χ3n) is 6.55. The molecule has 1 fully saturated rings. The summed E-state index contributed by atoms with van der Waals surface area (Å²) in [7, 11) is 1.91. The fourth-order valence-corrected chi connectivity index (χ4v) is 4.93. The molecule has 34 heavy (non-hydrogen) atoms. The number of aromatic nitrogens is 3. The van der Waals surface area contributed by atoms with Gasteiger partial charge in [0.1, 0.15) is 22.8 Å². The number of rotatable bonds is 6. The van der Waals surface area contributed by atoms with Crippen molar-refractivity contribution < 1.29 is 23.5 Å². The molecule has 7 nitrogen and oxygen atoms in total. The SMILES string of the molecule is CC(C)c1c(F)cc([C@](O)(c2cncc(-c3noc(C(C)(C)O)n3)c2)C2(C)CN(C)C2)cc1F. The Morgan fingerprint density at radius 2 is 1.68 bits per heavy atom. The molecule has 0 spiro atoms. The van der Waals surface area contributed by atoms with Gasteiger partial charge in [-0.25, -0.2) is 8.78 Å². The molecule has 2 aromatic heterocycles. The lowest BCUT2D eigenvalue weighted by molar-refractivity contribution is -0.127. The van der Waals surface area contributed by atoms with Crippen molar-refractivity contribution in [3.63, 3.8) is 0 Å². The maximum atomic E-state index is 15.0. The lowest BCUT2D eigenvalue weighted by Crippen LogP contribution is -2.63. The Balaban J connectivity index is 1.87.